The summed E-state index contributed by atoms with van der Waals surface area (Å²) in [6.07, 6.45) is 0.0936. The lowest BCUT2D eigenvalue weighted by Crippen LogP contribution is -2.28. The number of aryl methyl sites for hydroxylation is 1. The number of nitrogens with zero attached hydrogens (tertiary/aromatic N) is 1. The van der Waals surface area contributed by atoms with E-state index in [1.165, 1.54) is 0 Å². The molecule has 0 saturated carbocycles. The molecule has 1 atom stereocenters. The predicted octanol–water partition coefficient (Wildman–Crippen LogP) is 2.33. The summed E-state index contributed by atoms with van der Waals surface area (Å²) >= 11 is 6.27. The maximum atomic E-state index is 12.1. The van der Waals surface area contributed by atoms with Crippen molar-refractivity contribution < 1.29 is 9.90 Å². The summed E-state index contributed by atoms with van der Waals surface area (Å²) in [4.78, 5) is 12.1. The minimum Gasteiger partial charge on any atom is -0.393 e. The molecule has 4 nitrogen and oxygen atoms in total. The number of rotatable bonds is 4. The zero-order valence-electron chi connectivity index (χ0n) is 11.0. The fraction of sp³-hybridized carbons (Fsp3) is 0.357. The van der Waals surface area contributed by atoms with Crippen LogP contribution in [-0.2, 0) is 7.05 Å². The maximum absolute atomic E-state index is 12.1. The molecule has 1 unspecified atom stereocenters. The number of hydrogen-bond acceptors (Lipinski definition) is 2. The molecule has 0 radical (unpaired) electrons. The highest BCUT2D eigenvalue weighted by Gasteiger charge is 2.19. The first-order valence-electron chi connectivity index (χ1n) is 6.21. The average molecular weight is 281 g/mol. The number of benzene rings is 1. The molecule has 1 amide bonds. The van der Waals surface area contributed by atoms with Crippen LogP contribution in [-0.4, -0.2) is 28.2 Å². The summed E-state index contributed by atoms with van der Waals surface area (Å²) in [5, 5.41) is 13.3. The lowest BCUT2D eigenvalue weighted by Gasteiger charge is -2.08. The first-order chi connectivity index (χ1) is 9.02. The van der Waals surface area contributed by atoms with Crippen LogP contribution in [0.1, 0.15) is 23.8 Å². The highest BCUT2D eigenvalue weighted by molar-refractivity contribution is 6.38. The minimum atomic E-state index is -0.428. The monoisotopic (exact) mass is 280 g/mol. The minimum absolute atomic E-state index is 0.218. The number of aliphatic hydroxyl groups excluding tert-OH is 1. The molecule has 0 saturated heterocycles. The smallest absolute Gasteiger partial charge is 0.269 e. The van der Waals surface area contributed by atoms with E-state index in [0.717, 1.165) is 10.9 Å². The van der Waals surface area contributed by atoms with Crippen molar-refractivity contribution in [2.24, 2.45) is 7.05 Å². The second-order valence-electron chi connectivity index (χ2n) is 4.63. The van der Waals surface area contributed by atoms with Crippen molar-refractivity contribution in [2.75, 3.05) is 6.54 Å². The van der Waals surface area contributed by atoms with E-state index in [9.17, 15) is 9.90 Å². The molecule has 1 heterocycles. The van der Waals surface area contributed by atoms with Gasteiger partial charge in [-0.1, -0.05) is 29.8 Å². The molecule has 2 N–H and O–H groups in total. The quantitative estimate of drug-likeness (QED) is 0.903. The van der Waals surface area contributed by atoms with Crippen molar-refractivity contribution in [1.82, 2.24) is 9.88 Å². The molecule has 0 spiro atoms. The van der Waals surface area contributed by atoms with Gasteiger partial charge in [0, 0.05) is 24.5 Å². The highest BCUT2D eigenvalue weighted by Crippen LogP contribution is 2.29. The van der Waals surface area contributed by atoms with E-state index in [0.29, 0.717) is 23.7 Å². The molecule has 19 heavy (non-hydrogen) atoms. The fourth-order valence-corrected chi connectivity index (χ4v) is 2.45. The second kappa shape index (κ2) is 5.63. The fourth-order valence-electron chi connectivity index (χ4n) is 2.08. The average Bonchev–Trinajstić information content (AvgIpc) is 2.62. The Bertz CT molecular complexity index is 566. The summed E-state index contributed by atoms with van der Waals surface area (Å²) in [7, 11) is 1.82. The predicted molar refractivity (Wildman–Crippen MR) is 76.6 cm³/mol. The standard InChI is InChI=1S/C14H17ClN2O2/c1-9(18)7-8-16-14(19)13-12(15)10-5-3-4-6-11(10)17(13)2/h3-6,9,18H,7-8H2,1-2H3,(H,16,19). The van der Waals surface area contributed by atoms with Crippen LogP contribution in [0.4, 0.5) is 0 Å². The first kappa shape index (κ1) is 13.9. The van der Waals surface area contributed by atoms with Gasteiger partial charge in [0.25, 0.3) is 5.91 Å². The molecule has 2 aromatic rings. The van der Waals surface area contributed by atoms with Gasteiger partial charge in [-0.15, -0.1) is 0 Å². The van der Waals surface area contributed by atoms with Gasteiger partial charge in [0.05, 0.1) is 11.1 Å². The largest absolute Gasteiger partial charge is 0.393 e. The van der Waals surface area contributed by atoms with Gasteiger partial charge in [-0.05, 0) is 19.4 Å². The number of carbonyl (C=O) groups excluding carboxylic acids is 1. The van der Waals surface area contributed by atoms with Crippen LogP contribution in [0.3, 0.4) is 0 Å². The topological polar surface area (TPSA) is 54.3 Å². The third kappa shape index (κ3) is 2.74. The Morgan fingerprint density at radius 3 is 2.79 bits per heavy atom. The third-order valence-corrected chi connectivity index (χ3v) is 3.49. The summed E-state index contributed by atoms with van der Waals surface area (Å²) in [6.45, 7) is 2.12. The van der Waals surface area contributed by atoms with E-state index in [1.54, 1.807) is 11.5 Å². The molecule has 0 fully saturated rings. The summed E-state index contributed by atoms with van der Waals surface area (Å²) in [5.41, 5.74) is 1.38. The second-order valence-corrected chi connectivity index (χ2v) is 5.01. The van der Waals surface area contributed by atoms with Gasteiger partial charge >= 0.3 is 0 Å². The Hall–Kier alpha value is -1.52. The molecule has 102 valence electrons. The summed E-state index contributed by atoms with van der Waals surface area (Å²) in [6, 6.07) is 7.62. The van der Waals surface area contributed by atoms with Crippen LogP contribution in [0.2, 0.25) is 5.02 Å². The first-order valence-corrected chi connectivity index (χ1v) is 6.59. The summed E-state index contributed by atoms with van der Waals surface area (Å²) < 4.78 is 1.79. The van der Waals surface area contributed by atoms with E-state index < -0.39 is 6.10 Å². The number of aliphatic hydroxyl groups is 1. The van der Waals surface area contributed by atoms with Crippen LogP contribution in [0.5, 0.6) is 0 Å². The van der Waals surface area contributed by atoms with Gasteiger partial charge in [0.1, 0.15) is 5.69 Å². The third-order valence-electron chi connectivity index (χ3n) is 3.11. The molecule has 1 aromatic carbocycles. The van der Waals surface area contributed by atoms with Crippen molar-refractivity contribution in [2.45, 2.75) is 19.4 Å². The Morgan fingerprint density at radius 2 is 2.16 bits per heavy atom. The van der Waals surface area contributed by atoms with Crippen LogP contribution >= 0.6 is 11.6 Å². The number of hydrogen-bond donors (Lipinski definition) is 2. The van der Waals surface area contributed by atoms with E-state index >= 15 is 0 Å². The Morgan fingerprint density at radius 1 is 1.47 bits per heavy atom. The summed E-state index contributed by atoms with van der Waals surface area (Å²) in [5.74, 6) is -0.218. The molecule has 1 aromatic heterocycles. The maximum Gasteiger partial charge on any atom is 0.269 e. The number of carbonyl (C=O) groups is 1. The van der Waals surface area contributed by atoms with Gasteiger partial charge in [0.2, 0.25) is 0 Å². The lowest BCUT2D eigenvalue weighted by atomic mass is 10.2. The molecule has 5 heteroatoms. The molecule has 0 bridgehead atoms. The zero-order chi connectivity index (χ0) is 14.0. The Labute approximate surface area is 117 Å². The van der Waals surface area contributed by atoms with Gasteiger partial charge in [-0.25, -0.2) is 0 Å². The highest BCUT2D eigenvalue weighted by atomic mass is 35.5. The van der Waals surface area contributed by atoms with Crippen molar-refractivity contribution in [3.63, 3.8) is 0 Å². The number of amides is 1. The number of fused-ring (bicyclic) bond motifs is 1. The molecular formula is C14H17ClN2O2. The van der Waals surface area contributed by atoms with Gasteiger partial charge in [-0.3, -0.25) is 4.79 Å². The molecule has 0 aliphatic rings. The van der Waals surface area contributed by atoms with E-state index in [2.05, 4.69) is 5.32 Å². The van der Waals surface area contributed by atoms with Gasteiger partial charge in [-0.2, -0.15) is 0 Å². The number of para-hydroxylation sites is 1. The van der Waals surface area contributed by atoms with Crippen LogP contribution in [0.25, 0.3) is 10.9 Å². The van der Waals surface area contributed by atoms with Crippen LogP contribution < -0.4 is 5.32 Å². The van der Waals surface area contributed by atoms with Crippen molar-refractivity contribution in [3.8, 4) is 0 Å². The SMILES string of the molecule is CC(O)CCNC(=O)c1c(Cl)c2ccccc2n1C. The molecule has 2 rings (SSSR count). The lowest BCUT2D eigenvalue weighted by molar-refractivity contribution is 0.0938. The number of halogens is 1. The van der Waals surface area contributed by atoms with Crippen molar-refractivity contribution in [3.05, 3.63) is 35.0 Å². The van der Waals surface area contributed by atoms with Gasteiger partial charge in [0.15, 0.2) is 0 Å². The number of aromatic nitrogens is 1. The van der Waals surface area contributed by atoms with Crippen molar-refractivity contribution >= 4 is 28.4 Å². The molecule has 0 aliphatic heterocycles. The van der Waals surface area contributed by atoms with Gasteiger partial charge < -0.3 is 15.0 Å². The Kier molecular flexibility index (Phi) is 4.12. The van der Waals surface area contributed by atoms with E-state index in [-0.39, 0.29) is 5.91 Å². The van der Waals surface area contributed by atoms with Crippen LogP contribution in [0, 0.1) is 0 Å². The van der Waals surface area contributed by atoms with Crippen molar-refractivity contribution in [1.29, 1.82) is 0 Å². The number of nitrogens with one attached hydrogen (secondary N) is 1. The molecular weight excluding hydrogens is 264 g/mol. The van der Waals surface area contributed by atoms with Crippen LogP contribution in [0.15, 0.2) is 24.3 Å². The normalized spacial score (nSPS) is 12.6. The Balaban J connectivity index is 2.27. The zero-order valence-corrected chi connectivity index (χ0v) is 11.7. The van der Waals surface area contributed by atoms with E-state index in [4.69, 9.17) is 11.6 Å². The molecule has 0 aliphatic carbocycles. The van der Waals surface area contributed by atoms with E-state index in [1.807, 2.05) is 31.3 Å².